The maximum Gasteiger partial charge on any atom is 0.391 e. The summed E-state index contributed by atoms with van der Waals surface area (Å²) in [4.78, 5) is 25.7. The highest BCUT2D eigenvalue weighted by molar-refractivity contribution is 6.09. The Morgan fingerprint density at radius 2 is 1.83 bits per heavy atom. The molecule has 1 aromatic carbocycles. The molecule has 1 heterocycles. The molecule has 1 aliphatic rings. The second kappa shape index (κ2) is 6.55. The Morgan fingerprint density at radius 3 is 2.33 bits per heavy atom. The van der Waals surface area contributed by atoms with Gasteiger partial charge in [-0.15, -0.1) is 0 Å². The topological polar surface area (TPSA) is 57.6 Å². The quantitative estimate of drug-likeness (QED) is 0.837. The Balaban J connectivity index is 2.24. The summed E-state index contributed by atoms with van der Waals surface area (Å²) >= 11 is 0. The number of imide groups is 1. The van der Waals surface area contributed by atoms with Crippen LogP contribution in [-0.2, 0) is 15.0 Å². The summed E-state index contributed by atoms with van der Waals surface area (Å²) in [5, 5.41) is 9.56. The summed E-state index contributed by atoms with van der Waals surface area (Å²) in [6.07, 6.45) is -7.56. The number of hydrogen-bond acceptors (Lipinski definition) is 3. The summed E-state index contributed by atoms with van der Waals surface area (Å²) in [7, 11) is 0. The van der Waals surface area contributed by atoms with E-state index in [1.54, 1.807) is 19.1 Å². The van der Waals surface area contributed by atoms with Crippen LogP contribution in [0.1, 0.15) is 37.3 Å². The second-order valence-electron chi connectivity index (χ2n) is 6.26. The van der Waals surface area contributed by atoms with E-state index in [-0.39, 0.29) is 6.42 Å². The largest absolute Gasteiger partial charge is 0.391 e. The number of β-amino-alcohol motifs (C(OH)–C–C–N with tert-alkyl or cyclic N) is 1. The van der Waals surface area contributed by atoms with Gasteiger partial charge in [0.25, 0.3) is 0 Å². The van der Waals surface area contributed by atoms with Gasteiger partial charge in [0.2, 0.25) is 11.8 Å². The second-order valence-corrected chi connectivity index (χ2v) is 6.26. The van der Waals surface area contributed by atoms with Crippen LogP contribution in [0.25, 0.3) is 0 Å². The van der Waals surface area contributed by atoms with Crippen molar-refractivity contribution in [2.45, 2.75) is 50.8 Å². The maximum atomic E-state index is 12.8. The number of rotatable bonds is 5. The molecule has 0 aliphatic carbocycles. The summed E-state index contributed by atoms with van der Waals surface area (Å²) < 4.78 is 37.0. The number of aliphatic hydroxyl groups is 1. The van der Waals surface area contributed by atoms with Gasteiger partial charge in [-0.3, -0.25) is 14.5 Å². The van der Waals surface area contributed by atoms with Crippen molar-refractivity contribution in [3.05, 3.63) is 35.4 Å². The molecule has 2 atom stereocenters. The van der Waals surface area contributed by atoms with Crippen LogP contribution in [-0.4, -0.2) is 40.6 Å². The molecule has 0 radical (unpaired) electrons. The van der Waals surface area contributed by atoms with Crippen molar-refractivity contribution in [1.29, 1.82) is 0 Å². The monoisotopic (exact) mass is 343 g/mol. The van der Waals surface area contributed by atoms with Crippen molar-refractivity contribution in [3.8, 4) is 0 Å². The van der Waals surface area contributed by atoms with E-state index in [9.17, 15) is 27.9 Å². The average Bonchev–Trinajstić information content (AvgIpc) is 2.71. The van der Waals surface area contributed by atoms with Gasteiger partial charge in [-0.05, 0) is 18.9 Å². The minimum absolute atomic E-state index is 0.0931. The van der Waals surface area contributed by atoms with Gasteiger partial charge in [-0.1, -0.05) is 36.8 Å². The SMILES string of the molecule is CC[C@@]1(c2ccc(C)cc2)CC(=O)N(C[C@H](O)CC(F)(F)F)C1=O. The molecule has 0 saturated carbocycles. The molecule has 132 valence electrons. The van der Waals surface area contributed by atoms with E-state index in [1.807, 2.05) is 19.1 Å². The number of halogens is 3. The van der Waals surface area contributed by atoms with E-state index in [1.165, 1.54) is 0 Å². The van der Waals surface area contributed by atoms with Crippen LogP contribution in [0.2, 0.25) is 0 Å². The zero-order valence-corrected chi connectivity index (χ0v) is 13.6. The Morgan fingerprint density at radius 1 is 1.25 bits per heavy atom. The van der Waals surface area contributed by atoms with Gasteiger partial charge in [0.15, 0.2) is 0 Å². The molecule has 0 aromatic heterocycles. The first-order valence-electron chi connectivity index (χ1n) is 7.76. The molecular formula is C17H20F3NO3. The van der Waals surface area contributed by atoms with Crippen LogP contribution in [0.15, 0.2) is 24.3 Å². The van der Waals surface area contributed by atoms with E-state index >= 15 is 0 Å². The van der Waals surface area contributed by atoms with Gasteiger partial charge in [0.1, 0.15) is 0 Å². The van der Waals surface area contributed by atoms with E-state index in [4.69, 9.17) is 0 Å². The summed E-state index contributed by atoms with van der Waals surface area (Å²) in [6.45, 7) is 3.02. The van der Waals surface area contributed by atoms with Crippen LogP contribution >= 0.6 is 0 Å². The van der Waals surface area contributed by atoms with Crippen molar-refractivity contribution >= 4 is 11.8 Å². The third-order valence-electron chi connectivity index (χ3n) is 4.48. The molecule has 2 rings (SSSR count). The standard InChI is InChI=1S/C17H20F3NO3/c1-3-16(12-6-4-11(2)5-7-12)9-14(23)21(15(16)24)10-13(22)8-17(18,19)20/h4-7,13,22H,3,8-10H2,1-2H3/t13-,16+/m1/s1. The number of nitrogens with zero attached hydrogens (tertiary/aromatic N) is 1. The number of benzene rings is 1. The van der Waals surface area contributed by atoms with Crippen LogP contribution in [0.5, 0.6) is 0 Å². The number of carbonyl (C=O) groups excluding carboxylic acids is 2. The maximum absolute atomic E-state index is 12.8. The number of likely N-dealkylation sites (tertiary alicyclic amines) is 1. The molecule has 1 fully saturated rings. The predicted octanol–water partition coefficient (Wildman–Crippen LogP) is 2.72. The van der Waals surface area contributed by atoms with E-state index in [0.717, 1.165) is 10.5 Å². The lowest BCUT2D eigenvalue weighted by Gasteiger charge is -2.27. The van der Waals surface area contributed by atoms with Crippen molar-refractivity contribution in [2.24, 2.45) is 0 Å². The van der Waals surface area contributed by atoms with Crippen LogP contribution in [0.4, 0.5) is 13.2 Å². The highest BCUT2D eigenvalue weighted by Crippen LogP contribution is 2.40. The van der Waals surface area contributed by atoms with Gasteiger partial charge in [0.05, 0.1) is 24.5 Å². The van der Waals surface area contributed by atoms with Gasteiger partial charge in [-0.2, -0.15) is 13.2 Å². The number of alkyl halides is 3. The first kappa shape index (κ1) is 18.4. The first-order valence-corrected chi connectivity index (χ1v) is 7.76. The molecule has 7 heteroatoms. The van der Waals surface area contributed by atoms with E-state index in [0.29, 0.717) is 12.0 Å². The summed E-state index contributed by atoms with van der Waals surface area (Å²) in [5.74, 6) is -1.09. The average molecular weight is 343 g/mol. The van der Waals surface area contributed by atoms with E-state index in [2.05, 4.69) is 0 Å². The fourth-order valence-corrected chi connectivity index (χ4v) is 3.11. The minimum Gasteiger partial charge on any atom is -0.391 e. The highest BCUT2D eigenvalue weighted by atomic mass is 19.4. The zero-order chi connectivity index (χ0) is 18.1. The molecule has 1 N–H and O–H groups in total. The molecule has 0 spiro atoms. The summed E-state index contributed by atoms with van der Waals surface area (Å²) in [5.41, 5.74) is 0.601. The number of amides is 2. The summed E-state index contributed by atoms with van der Waals surface area (Å²) in [6, 6.07) is 7.18. The lowest BCUT2D eigenvalue weighted by atomic mass is 9.76. The number of aliphatic hydroxyl groups excluding tert-OH is 1. The van der Waals surface area contributed by atoms with Gasteiger partial charge in [0, 0.05) is 6.42 Å². The minimum atomic E-state index is -4.55. The predicted molar refractivity (Wildman–Crippen MR) is 81.2 cm³/mol. The van der Waals surface area contributed by atoms with Crippen LogP contribution in [0.3, 0.4) is 0 Å². The van der Waals surface area contributed by atoms with Gasteiger partial charge < -0.3 is 5.11 Å². The van der Waals surface area contributed by atoms with Crippen molar-refractivity contribution < 1.29 is 27.9 Å². The number of hydrogen-bond donors (Lipinski definition) is 1. The normalized spacial score (nSPS) is 23.0. The highest BCUT2D eigenvalue weighted by Gasteiger charge is 2.52. The third-order valence-corrected chi connectivity index (χ3v) is 4.48. The lowest BCUT2D eigenvalue weighted by molar-refractivity contribution is -0.160. The molecule has 1 aliphatic heterocycles. The lowest BCUT2D eigenvalue weighted by Crippen LogP contribution is -2.42. The van der Waals surface area contributed by atoms with Gasteiger partial charge in [-0.25, -0.2) is 0 Å². The van der Waals surface area contributed by atoms with Crippen molar-refractivity contribution in [1.82, 2.24) is 4.90 Å². The zero-order valence-electron chi connectivity index (χ0n) is 13.6. The number of aryl methyl sites for hydroxylation is 1. The molecule has 4 nitrogen and oxygen atoms in total. The molecule has 1 aromatic rings. The first-order chi connectivity index (χ1) is 11.1. The Hall–Kier alpha value is -1.89. The molecule has 0 unspecified atom stereocenters. The van der Waals surface area contributed by atoms with Crippen molar-refractivity contribution in [2.75, 3.05) is 6.54 Å². The Labute approximate surface area is 138 Å². The molecule has 0 bridgehead atoms. The Bertz CT molecular complexity index is 627. The Kier molecular flexibility index (Phi) is 5.03. The fourth-order valence-electron chi connectivity index (χ4n) is 3.11. The molecule has 24 heavy (non-hydrogen) atoms. The van der Waals surface area contributed by atoms with Crippen LogP contribution < -0.4 is 0 Å². The smallest absolute Gasteiger partial charge is 0.391 e. The molecular weight excluding hydrogens is 323 g/mol. The third kappa shape index (κ3) is 3.61. The van der Waals surface area contributed by atoms with Crippen LogP contribution in [0, 0.1) is 6.92 Å². The van der Waals surface area contributed by atoms with E-state index < -0.39 is 42.5 Å². The van der Waals surface area contributed by atoms with Gasteiger partial charge >= 0.3 is 6.18 Å². The molecule has 2 amide bonds. The molecule has 1 saturated heterocycles. The van der Waals surface area contributed by atoms with Crippen molar-refractivity contribution in [3.63, 3.8) is 0 Å². The number of carbonyl (C=O) groups is 2. The fraction of sp³-hybridized carbons (Fsp3) is 0.529.